The first kappa shape index (κ1) is 15.0. The standard InChI is InChI=1S/C15H21NO3S/c1-10(2)19-14(17)7-8-16-15(18)13-9-11-5-3-4-6-12(11)20-13/h9-10H,3-8H2,1-2H3,(H,16,18). The molecule has 1 aliphatic rings. The minimum Gasteiger partial charge on any atom is -0.463 e. The zero-order valence-electron chi connectivity index (χ0n) is 12.0. The molecule has 0 saturated heterocycles. The third kappa shape index (κ3) is 4.07. The molecule has 4 nitrogen and oxygen atoms in total. The largest absolute Gasteiger partial charge is 0.463 e. The SMILES string of the molecule is CC(C)OC(=O)CCNC(=O)c1cc2c(s1)CCCC2. The summed E-state index contributed by atoms with van der Waals surface area (Å²) in [4.78, 5) is 25.5. The summed E-state index contributed by atoms with van der Waals surface area (Å²) in [5.74, 6) is -0.354. The van der Waals surface area contributed by atoms with E-state index >= 15 is 0 Å². The van der Waals surface area contributed by atoms with E-state index in [1.165, 1.54) is 23.3 Å². The van der Waals surface area contributed by atoms with Crippen LogP contribution in [0.5, 0.6) is 0 Å². The van der Waals surface area contributed by atoms with E-state index in [2.05, 4.69) is 5.32 Å². The van der Waals surface area contributed by atoms with Gasteiger partial charge in [0.2, 0.25) is 0 Å². The summed E-state index contributed by atoms with van der Waals surface area (Å²) in [7, 11) is 0. The second-order valence-corrected chi connectivity index (χ2v) is 6.45. The third-order valence-electron chi connectivity index (χ3n) is 3.20. The number of carbonyl (C=O) groups is 2. The summed E-state index contributed by atoms with van der Waals surface area (Å²) >= 11 is 1.58. The van der Waals surface area contributed by atoms with E-state index in [4.69, 9.17) is 4.74 Å². The van der Waals surface area contributed by atoms with Crippen LogP contribution < -0.4 is 5.32 Å². The Kier molecular flexibility index (Phi) is 5.17. The zero-order valence-corrected chi connectivity index (χ0v) is 12.8. The normalized spacial score (nSPS) is 13.9. The molecule has 5 heteroatoms. The number of amides is 1. The predicted octanol–water partition coefficient (Wildman–Crippen LogP) is 2.70. The van der Waals surface area contributed by atoms with Crippen LogP contribution in [-0.2, 0) is 22.4 Å². The molecule has 0 saturated carbocycles. The molecule has 1 aromatic heterocycles. The second kappa shape index (κ2) is 6.88. The average molecular weight is 295 g/mol. The number of hydrogen-bond donors (Lipinski definition) is 1. The minimum atomic E-state index is -0.272. The van der Waals surface area contributed by atoms with E-state index in [9.17, 15) is 9.59 Å². The molecule has 0 aliphatic heterocycles. The van der Waals surface area contributed by atoms with Gasteiger partial charge in [-0.3, -0.25) is 9.59 Å². The number of rotatable bonds is 5. The van der Waals surface area contributed by atoms with Gasteiger partial charge in [0, 0.05) is 11.4 Å². The lowest BCUT2D eigenvalue weighted by Crippen LogP contribution is -2.26. The highest BCUT2D eigenvalue weighted by molar-refractivity contribution is 7.14. The molecular formula is C15H21NO3S. The Bertz CT molecular complexity index is 470. The van der Waals surface area contributed by atoms with Gasteiger partial charge in [-0.25, -0.2) is 0 Å². The maximum atomic E-state index is 12.0. The van der Waals surface area contributed by atoms with Crippen molar-refractivity contribution in [3.05, 3.63) is 21.4 Å². The molecule has 0 spiro atoms. The van der Waals surface area contributed by atoms with Crippen LogP contribution in [-0.4, -0.2) is 24.5 Å². The fourth-order valence-electron chi connectivity index (χ4n) is 2.29. The number of carbonyl (C=O) groups excluding carboxylic acids is 2. The van der Waals surface area contributed by atoms with E-state index in [0.717, 1.165) is 17.7 Å². The van der Waals surface area contributed by atoms with Gasteiger partial charge in [-0.2, -0.15) is 0 Å². The molecule has 2 rings (SSSR count). The monoisotopic (exact) mass is 295 g/mol. The first-order valence-corrected chi connectivity index (χ1v) is 7.97. The van der Waals surface area contributed by atoms with Gasteiger partial charge in [0.15, 0.2) is 0 Å². The van der Waals surface area contributed by atoms with Gasteiger partial charge in [-0.05, 0) is 51.2 Å². The van der Waals surface area contributed by atoms with Gasteiger partial charge in [0.25, 0.3) is 5.91 Å². The van der Waals surface area contributed by atoms with Crippen LogP contribution in [0.15, 0.2) is 6.07 Å². The average Bonchev–Trinajstić information content (AvgIpc) is 2.81. The Morgan fingerprint density at radius 2 is 2.10 bits per heavy atom. The molecule has 20 heavy (non-hydrogen) atoms. The van der Waals surface area contributed by atoms with Crippen molar-refractivity contribution >= 4 is 23.2 Å². The number of aryl methyl sites for hydroxylation is 2. The highest BCUT2D eigenvalue weighted by Gasteiger charge is 2.17. The third-order valence-corrected chi connectivity index (χ3v) is 4.44. The lowest BCUT2D eigenvalue weighted by atomic mass is 9.99. The quantitative estimate of drug-likeness (QED) is 0.850. The van der Waals surface area contributed by atoms with Crippen LogP contribution in [0.2, 0.25) is 0 Å². The van der Waals surface area contributed by atoms with Crippen molar-refractivity contribution in [1.29, 1.82) is 0 Å². The molecular weight excluding hydrogens is 274 g/mol. The summed E-state index contributed by atoms with van der Waals surface area (Å²) in [5.41, 5.74) is 1.32. The van der Waals surface area contributed by atoms with Crippen molar-refractivity contribution in [2.75, 3.05) is 6.54 Å². The fourth-order valence-corrected chi connectivity index (χ4v) is 3.46. The molecule has 0 aromatic carbocycles. The predicted molar refractivity (Wildman–Crippen MR) is 79.1 cm³/mol. The van der Waals surface area contributed by atoms with Gasteiger partial charge in [-0.15, -0.1) is 11.3 Å². The van der Waals surface area contributed by atoms with Gasteiger partial charge in [0.1, 0.15) is 0 Å². The summed E-state index contributed by atoms with van der Waals surface area (Å²) < 4.78 is 5.02. The summed E-state index contributed by atoms with van der Waals surface area (Å²) in [5, 5.41) is 2.78. The molecule has 1 aromatic rings. The number of nitrogens with one attached hydrogen (secondary N) is 1. The Hall–Kier alpha value is -1.36. The number of thiophene rings is 1. The van der Waals surface area contributed by atoms with Crippen LogP contribution in [0.3, 0.4) is 0 Å². The summed E-state index contributed by atoms with van der Waals surface area (Å²) in [6.07, 6.45) is 4.71. The molecule has 1 amide bonds. The minimum absolute atomic E-state index is 0.0817. The molecule has 1 N–H and O–H groups in total. The Labute approximate surface area is 123 Å². The number of ether oxygens (including phenoxy) is 1. The van der Waals surface area contributed by atoms with Crippen molar-refractivity contribution in [3.8, 4) is 0 Å². The van der Waals surface area contributed by atoms with Crippen molar-refractivity contribution in [3.63, 3.8) is 0 Å². The van der Waals surface area contributed by atoms with E-state index < -0.39 is 0 Å². The molecule has 0 radical (unpaired) electrons. The topological polar surface area (TPSA) is 55.4 Å². The van der Waals surface area contributed by atoms with Crippen molar-refractivity contribution in [2.24, 2.45) is 0 Å². The van der Waals surface area contributed by atoms with E-state index in [0.29, 0.717) is 6.54 Å². The Morgan fingerprint density at radius 1 is 1.35 bits per heavy atom. The molecule has 110 valence electrons. The molecule has 1 aliphatic carbocycles. The van der Waals surface area contributed by atoms with Gasteiger partial charge in [0.05, 0.1) is 17.4 Å². The van der Waals surface area contributed by atoms with Crippen molar-refractivity contribution in [2.45, 2.75) is 52.1 Å². The van der Waals surface area contributed by atoms with Crippen LogP contribution in [0, 0.1) is 0 Å². The Balaban J connectivity index is 1.80. The summed E-state index contributed by atoms with van der Waals surface area (Å²) in [6, 6.07) is 2.00. The Morgan fingerprint density at radius 3 is 2.80 bits per heavy atom. The lowest BCUT2D eigenvalue weighted by molar-refractivity contribution is -0.147. The van der Waals surface area contributed by atoms with E-state index in [1.54, 1.807) is 11.3 Å². The molecule has 1 heterocycles. The first-order chi connectivity index (χ1) is 9.56. The molecule has 0 fully saturated rings. The van der Waals surface area contributed by atoms with Crippen molar-refractivity contribution in [1.82, 2.24) is 5.32 Å². The maximum absolute atomic E-state index is 12.0. The van der Waals surface area contributed by atoms with Crippen LogP contribution in [0.4, 0.5) is 0 Å². The van der Waals surface area contributed by atoms with Gasteiger partial charge < -0.3 is 10.1 Å². The maximum Gasteiger partial charge on any atom is 0.307 e. The van der Waals surface area contributed by atoms with Gasteiger partial charge >= 0.3 is 5.97 Å². The van der Waals surface area contributed by atoms with Crippen LogP contribution in [0.25, 0.3) is 0 Å². The number of fused-ring (bicyclic) bond motifs is 1. The zero-order chi connectivity index (χ0) is 14.5. The second-order valence-electron chi connectivity index (χ2n) is 5.31. The molecule has 0 atom stereocenters. The summed E-state index contributed by atoms with van der Waals surface area (Å²) in [6.45, 7) is 3.95. The lowest BCUT2D eigenvalue weighted by Gasteiger charge is -2.08. The van der Waals surface area contributed by atoms with Crippen LogP contribution >= 0.6 is 11.3 Å². The number of hydrogen-bond acceptors (Lipinski definition) is 4. The fraction of sp³-hybridized carbons (Fsp3) is 0.600. The molecule has 0 unspecified atom stereocenters. The molecule has 0 bridgehead atoms. The smallest absolute Gasteiger partial charge is 0.307 e. The highest BCUT2D eigenvalue weighted by atomic mass is 32.1. The first-order valence-electron chi connectivity index (χ1n) is 7.15. The van der Waals surface area contributed by atoms with E-state index in [-0.39, 0.29) is 24.4 Å². The van der Waals surface area contributed by atoms with Crippen LogP contribution in [0.1, 0.15) is 53.2 Å². The van der Waals surface area contributed by atoms with E-state index in [1.807, 2.05) is 19.9 Å². The highest BCUT2D eigenvalue weighted by Crippen LogP contribution is 2.29. The van der Waals surface area contributed by atoms with Crippen molar-refractivity contribution < 1.29 is 14.3 Å². The number of esters is 1. The van der Waals surface area contributed by atoms with Gasteiger partial charge in [-0.1, -0.05) is 0 Å².